The van der Waals surface area contributed by atoms with Gasteiger partial charge in [0.1, 0.15) is 11.9 Å². The van der Waals surface area contributed by atoms with Gasteiger partial charge >= 0.3 is 0 Å². The monoisotopic (exact) mass is 243 g/mol. The molecule has 3 nitrogen and oxygen atoms in total. The number of aryl methyl sites for hydroxylation is 1. The molecule has 0 aromatic carbocycles. The molecule has 0 spiro atoms. The lowest BCUT2D eigenvalue weighted by atomic mass is 9.79. The van der Waals surface area contributed by atoms with Crippen molar-refractivity contribution in [1.29, 1.82) is 5.26 Å². The number of nitrogens with zero attached hydrogens (tertiary/aromatic N) is 2. The van der Waals surface area contributed by atoms with E-state index in [0.29, 0.717) is 11.6 Å². The second kappa shape index (κ2) is 5.39. The SMILES string of the molecule is Cc1ccc(C#N)c(NC2CCC(C)C(C)C2)n1. The minimum absolute atomic E-state index is 0.456. The minimum Gasteiger partial charge on any atom is -0.366 e. The molecule has 0 amide bonds. The van der Waals surface area contributed by atoms with Gasteiger partial charge in [0.2, 0.25) is 0 Å². The van der Waals surface area contributed by atoms with Crippen molar-refractivity contribution in [3.63, 3.8) is 0 Å². The van der Waals surface area contributed by atoms with Gasteiger partial charge in [-0.05, 0) is 50.2 Å². The highest BCUT2D eigenvalue weighted by atomic mass is 15.0. The molecule has 1 N–H and O–H groups in total. The molecule has 1 heterocycles. The zero-order valence-electron chi connectivity index (χ0n) is 11.4. The molecule has 3 atom stereocenters. The molecular formula is C15H21N3. The van der Waals surface area contributed by atoms with Crippen molar-refractivity contribution >= 4 is 5.82 Å². The largest absolute Gasteiger partial charge is 0.366 e. The summed E-state index contributed by atoms with van der Waals surface area (Å²) in [6.07, 6.45) is 3.60. The van der Waals surface area contributed by atoms with Gasteiger partial charge < -0.3 is 5.32 Å². The number of nitriles is 1. The molecule has 1 aliphatic rings. The van der Waals surface area contributed by atoms with Gasteiger partial charge in [-0.3, -0.25) is 0 Å². The smallest absolute Gasteiger partial charge is 0.144 e. The zero-order valence-corrected chi connectivity index (χ0v) is 11.4. The standard InChI is InChI=1S/C15H21N3/c1-10-4-7-14(8-11(10)2)18-15-13(9-16)6-5-12(3)17-15/h5-6,10-11,14H,4,7-8H2,1-3H3,(H,17,18). The Kier molecular flexibility index (Phi) is 3.86. The number of aromatic nitrogens is 1. The lowest BCUT2D eigenvalue weighted by Gasteiger charge is -2.33. The van der Waals surface area contributed by atoms with E-state index in [1.54, 1.807) is 0 Å². The summed E-state index contributed by atoms with van der Waals surface area (Å²) in [5.74, 6) is 2.31. The summed E-state index contributed by atoms with van der Waals surface area (Å²) in [5, 5.41) is 12.6. The second-order valence-corrected chi connectivity index (χ2v) is 5.57. The van der Waals surface area contributed by atoms with E-state index in [1.807, 2.05) is 19.1 Å². The topological polar surface area (TPSA) is 48.7 Å². The highest BCUT2D eigenvalue weighted by Crippen LogP contribution is 2.31. The third-order valence-electron chi connectivity index (χ3n) is 4.09. The van der Waals surface area contributed by atoms with Gasteiger partial charge in [0.05, 0.1) is 5.56 Å². The maximum atomic E-state index is 9.10. The molecule has 1 saturated carbocycles. The Hall–Kier alpha value is -1.56. The van der Waals surface area contributed by atoms with Crippen LogP contribution < -0.4 is 5.32 Å². The highest BCUT2D eigenvalue weighted by molar-refractivity contribution is 5.52. The van der Waals surface area contributed by atoms with Gasteiger partial charge in [0.25, 0.3) is 0 Å². The third-order valence-corrected chi connectivity index (χ3v) is 4.09. The first kappa shape index (κ1) is 12.9. The molecule has 1 fully saturated rings. The van der Waals surface area contributed by atoms with E-state index < -0.39 is 0 Å². The van der Waals surface area contributed by atoms with Crippen molar-refractivity contribution in [1.82, 2.24) is 4.98 Å². The number of anilines is 1. The quantitative estimate of drug-likeness (QED) is 0.864. The van der Waals surface area contributed by atoms with Crippen LogP contribution in [-0.4, -0.2) is 11.0 Å². The number of nitrogens with one attached hydrogen (secondary N) is 1. The van der Waals surface area contributed by atoms with E-state index in [9.17, 15) is 0 Å². The summed E-state index contributed by atoms with van der Waals surface area (Å²) in [5.41, 5.74) is 1.60. The van der Waals surface area contributed by atoms with Gasteiger partial charge in [-0.15, -0.1) is 0 Å². The highest BCUT2D eigenvalue weighted by Gasteiger charge is 2.25. The Morgan fingerprint density at radius 3 is 2.72 bits per heavy atom. The van der Waals surface area contributed by atoms with E-state index in [0.717, 1.165) is 23.3 Å². The van der Waals surface area contributed by atoms with E-state index in [2.05, 4.69) is 30.2 Å². The molecule has 3 heteroatoms. The molecule has 0 saturated heterocycles. The van der Waals surface area contributed by atoms with Gasteiger partial charge in [0.15, 0.2) is 0 Å². The molecular weight excluding hydrogens is 222 g/mol. The van der Waals surface area contributed by atoms with E-state index in [4.69, 9.17) is 5.26 Å². The maximum absolute atomic E-state index is 9.10. The first-order valence-electron chi connectivity index (χ1n) is 6.74. The summed E-state index contributed by atoms with van der Waals surface area (Å²) in [6.45, 7) is 6.60. The summed E-state index contributed by atoms with van der Waals surface area (Å²) in [4.78, 5) is 4.45. The molecule has 2 rings (SSSR count). The first-order chi connectivity index (χ1) is 8.60. The summed E-state index contributed by atoms with van der Waals surface area (Å²) < 4.78 is 0. The van der Waals surface area contributed by atoms with Crippen LogP contribution in [0, 0.1) is 30.1 Å². The van der Waals surface area contributed by atoms with Crippen LogP contribution in [0.25, 0.3) is 0 Å². The molecule has 3 unspecified atom stereocenters. The van der Waals surface area contributed by atoms with Crippen LogP contribution in [0.5, 0.6) is 0 Å². The fourth-order valence-corrected chi connectivity index (χ4v) is 2.63. The number of rotatable bonds is 2. The molecule has 0 bridgehead atoms. The number of hydrogen-bond donors (Lipinski definition) is 1. The molecule has 0 radical (unpaired) electrons. The van der Waals surface area contributed by atoms with Crippen molar-refractivity contribution in [2.24, 2.45) is 11.8 Å². The summed E-state index contributed by atoms with van der Waals surface area (Å²) >= 11 is 0. The molecule has 1 aromatic heterocycles. The Labute approximate surface area is 109 Å². The van der Waals surface area contributed by atoms with Gasteiger partial charge in [0, 0.05) is 11.7 Å². The minimum atomic E-state index is 0.456. The molecule has 1 aromatic rings. The van der Waals surface area contributed by atoms with E-state index in [1.165, 1.54) is 19.3 Å². The second-order valence-electron chi connectivity index (χ2n) is 5.57. The van der Waals surface area contributed by atoms with Crippen LogP contribution in [0.15, 0.2) is 12.1 Å². The lowest BCUT2D eigenvalue weighted by molar-refractivity contribution is 0.260. The Bertz CT molecular complexity index is 461. The zero-order chi connectivity index (χ0) is 13.1. The van der Waals surface area contributed by atoms with Crippen molar-refractivity contribution in [2.45, 2.75) is 46.1 Å². The predicted octanol–water partition coefficient (Wildman–Crippen LogP) is 3.50. The molecule has 0 aliphatic heterocycles. The van der Waals surface area contributed by atoms with Crippen molar-refractivity contribution in [3.8, 4) is 6.07 Å². The van der Waals surface area contributed by atoms with Gasteiger partial charge in [-0.25, -0.2) is 4.98 Å². The number of pyridine rings is 1. The van der Waals surface area contributed by atoms with Crippen LogP contribution in [0.1, 0.15) is 44.4 Å². The Balaban J connectivity index is 2.10. The maximum Gasteiger partial charge on any atom is 0.144 e. The predicted molar refractivity (Wildman–Crippen MR) is 73.3 cm³/mol. The Morgan fingerprint density at radius 2 is 2.06 bits per heavy atom. The van der Waals surface area contributed by atoms with Crippen molar-refractivity contribution < 1.29 is 0 Å². The van der Waals surface area contributed by atoms with Crippen LogP contribution in [0.2, 0.25) is 0 Å². The van der Waals surface area contributed by atoms with Crippen LogP contribution in [0.3, 0.4) is 0 Å². The molecule has 18 heavy (non-hydrogen) atoms. The fourth-order valence-electron chi connectivity index (χ4n) is 2.63. The third kappa shape index (κ3) is 2.81. The Morgan fingerprint density at radius 1 is 1.28 bits per heavy atom. The van der Waals surface area contributed by atoms with Gasteiger partial charge in [-0.1, -0.05) is 13.8 Å². The van der Waals surface area contributed by atoms with Gasteiger partial charge in [-0.2, -0.15) is 5.26 Å². The first-order valence-corrected chi connectivity index (χ1v) is 6.74. The lowest BCUT2D eigenvalue weighted by Crippen LogP contribution is -2.31. The van der Waals surface area contributed by atoms with Crippen molar-refractivity contribution in [3.05, 3.63) is 23.4 Å². The average Bonchev–Trinajstić information content (AvgIpc) is 2.34. The summed E-state index contributed by atoms with van der Waals surface area (Å²) in [6, 6.07) is 6.39. The average molecular weight is 243 g/mol. The number of hydrogen-bond acceptors (Lipinski definition) is 3. The summed E-state index contributed by atoms with van der Waals surface area (Å²) in [7, 11) is 0. The van der Waals surface area contributed by atoms with E-state index >= 15 is 0 Å². The van der Waals surface area contributed by atoms with Crippen LogP contribution >= 0.6 is 0 Å². The fraction of sp³-hybridized carbons (Fsp3) is 0.600. The van der Waals surface area contributed by atoms with Crippen LogP contribution in [0.4, 0.5) is 5.82 Å². The normalized spacial score (nSPS) is 27.6. The van der Waals surface area contributed by atoms with E-state index in [-0.39, 0.29) is 0 Å². The van der Waals surface area contributed by atoms with Crippen LogP contribution in [-0.2, 0) is 0 Å². The molecule has 1 aliphatic carbocycles. The van der Waals surface area contributed by atoms with Crippen molar-refractivity contribution in [2.75, 3.05) is 5.32 Å². The molecule has 96 valence electrons.